The summed E-state index contributed by atoms with van der Waals surface area (Å²) >= 11 is 9.20. The summed E-state index contributed by atoms with van der Waals surface area (Å²) in [6, 6.07) is 7.14. The van der Waals surface area contributed by atoms with Crippen LogP contribution in [-0.2, 0) is 20.6 Å². The Bertz CT molecular complexity index is 1040. The molecule has 3 rings (SSSR count). The van der Waals surface area contributed by atoms with Gasteiger partial charge in [0, 0.05) is 25.7 Å². The average molecular weight is 428 g/mol. The van der Waals surface area contributed by atoms with Crippen molar-refractivity contribution in [1.29, 1.82) is 0 Å². The fourth-order valence-corrected chi connectivity index (χ4v) is 3.25. The molecular weight excluding hydrogens is 412 g/mol. The number of imidazole rings is 1. The van der Waals surface area contributed by atoms with Crippen LogP contribution in [0.5, 0.6) is 5.75 Å². The van der Waals surface area contributed by atoms with Gasteiger partial charge in [0.25, 0.3) is 5.56 Å². The van der Waals surface area contributed by atoms with Crippen LogP contribution in [0.15, 0.2) is 38.6 Å². The molecule has 9 heteroatoms. The summed E-state index contributed by atoms with van der Waals surface area (Å²) in [6.07, 6.45) is 0.677. The number of halogens is 2. The lowest BCUT2D eigenvalue weighted by Crippen LogP contribution is -2.37. The van der Waals surface area contributed by atoms with Gasteiger partial charge in [0.2, 0.25) is 0 Å². The van der Waals surface area contributed by atoms with E-state index in [0.717, 1.165) is 10.3 Å². The van der Waals surface area contributed by atoms with E-state index in [9.17, 15) is 9.59 Å². The largest absolute Gasteiger partial charge is 0.494 e. The number of hydrogen-bond donors (Lipinski definition) is 0. The van der Waals surface area contributed by atoms with Crippen LogP contribution < -0.4 is 16.0 Å². The molecule has 3 aromatic rings. The molecule has 7 nitrogen and oxygen atoms in total. The van der Waals surface area contributed by atoms with Gasteiger partial charge >= 0.3 is 5.69 Å². The zero-order valence-electron chi connectivity index (χ0n) is 13.7. The molecule has 0 N–H and O–H groups in total. The smallest absolute Gasteiger partial charge is 0.332 e. The highest BCUT2D eigenvalue weighted by molar-refractivity contribution is 9.10. The van der Waals surface area contributed by atoms with E-state index in [4.69, 9.17) is 16.3 Å². The van der Waals surface area contributed by atoms with Crippen LogP contribution >= 0.6 is 27.5 Å². The lowest BCUT2D eigenvalue weighted by atomic mass is 10.3. The van der Waals surface area contributed by atoms with Gasteiger partial charge in [-0.2, -0.15) is 0 Å². The van der Waals surface area contributed by atoms with Crippen LogP contribution in [0.25, 0.3) is 11.2 Å². The Morgan fingerprint density at radius 3 is 2.52 bits per heavy atom. The van der Waals surface area contributed by atoms with Gasteiger partial charge in [-0.25, -0.2) is 9.78 Å². The normalized spacial score (nSPS) is 11.2. The lowest BCUT2D eigenvalue weighted by Gasteiger charge is -2.10. The Morgan fingerprint density at radius 2 is 1.84 bits per heavy atom. The number of aryl methyl sites for hydroxylation is 2. The molecule has 2 heterocycles. The molecule has 0 spiro atoms. The first-order valence-corrected chi connectivity index (χ1v) is 8.77. The third-order valence-corrected chi connectivity index (χ3v) is 4.76. The van der Waals surface area contributed by atoms with E-state index < -0.39 is 5.56 Å². The third kappa shape index (κ3) is 3.36. The predicted octanol–water partition coefficient (Wildman–Crippen LogP) is 2.32. The Morgan fingerprint density at radius 1 is 1.16 bits per heavy atom. The summed E-state index contributed by atoms with van der Waals surface area (Å²) in [4.78, 5) is 28.6. The van der Waals surface area contributed by atoms with Gasteiger partial charge in [-0.3, -0.25) is 13.9 Å². The van der Waals surface area contributed by atoms with Gasteiger partial charge in [-0.05, 0) is 46.6 Å². The highest BCUT2D eigenvalue weighted by Crippen LogP contribution is 2.18. The van der Waals surface area contributed by atoms with Crippen molar-refractivity contribution in [3.8, 4) is 5.75 Å². The molecule has 0 unspecified atom stereocenters. The first-order chi connectivity index (χ1) is 11.9. The Hall–Kier alpha value is -2.06. The van der Waals surface area contributed by atoms with Crippen LogP contribution in [0.4, 0.5) is 0 Å². The van der Waals surface area contributed by atoms with Crippen molar-refractivity contribution in [3.05, 3.63) is 54.9 Å². The van der Waals surface area contributed by atoms with E-state index in [1.165, 1.54) is 11.6 Å². The molecule has 0 fully saturated rings. The molecule has 25 heavy (non-hydrogen) atoms. The van der Waals surface area contributed by atoms with Crippen molar-refractivity contribution >= 4 is 38.7 Å². The molecule has 0 amide bonds. The maximum atomic E-state index is 12.2. The van der Waals surface area contributed by atoms with Gasteiger partial charge in [-0.1, -0.05) is 11.6 Å². The summed E-state index contributed by atoms with van der Waals surface area (Å²) in [7, 11) is 3.07. The van der Waals surface area contributed by atoms with Gasteiger partial charge in [0.1, 0.15) is 5.75 Å². The molecule has 0 aliphatic rings. The van der Waals surface area contributed by atoms with Crippen molar-refractivity contribution in [2.75, 3.05) is 6.61 Å². The van der Waals surface area contributed by atoms with Crippen LogP contribution in [0, 0.1) is 0 Å². The third-order valence-electron chi connectivity index (χ3n) is 3.90. The average Bonchev–Trinajstić information content (AvgIpc) is 2.93. The van der Waals surface area contributed by atoms with Gasteiger partial charge in [0.15, 0.2) is 15.9 Å². The van der Waals surface area contributed by atoms with E-state index in [2.05, 4.69) is 20.9 Å². The summed E-state index contributed by atoms with van der Waals surface area (Å²) in [6.45, 7) is 1.03. The van der Waals surface area contributed by atoms with Crippen LogP contribution in [0.3, 0.4) is 0 Å². The second-order valence-corrected chi connectivity index (χ2v) is 6.71. The molecule has 0 bridgehead atoms. The molecule has 0 radical (unpaired) electrons. The monoisotopic (exact) mass is 426 g/mol. The number of aromatic nitrogens is 4. The van der Waals surface area contributed by atoms with E-state index >= 15 is 0 Å². The topological polar surface area (TPSA) is 71.0 Å². The zero-order valence-corrected chi connectivity index (χ0v) is 16.0. The number of benzene rings is 1. The maximum absolute atomic E-state index is 12.2. The Labute approximate surface area is 156 Å². The number of rotatable bonds is 5. The molecule has 2 aromatic heterocycles. The number of ether oxygens (including phenoxy) is 1. The maximum Gasteiger partial charge on any atom is 0.332 e. The molecule has 0 aliphatic heterocycles. The van der Waals surface area contributed by atoms with Gasteiger partial charge < -0.3 is 9.30 Å². The Kier molecular flexibility index (Phi) is 5.01. The fourth-order valence-electron chi connectivity index (χ4n) is 2.60. The molecule has 0 aliphatic carbocycles. The molecule has 132 valence electrons. The second kappa shape index (κ2) is 7.05. The number of fused-ring (bicyclic) bond motifs is 1. The first kappa shape index (κ1) is 17.8. The fraction of sp³-hybridized carbons (Fsp3) is 0.312. The summed E-state index contributed by atoms with van der Waals surface area (Å²) in [5.74, 6) is 0.736. The Balaban J connectivity index is 1.80. The van der Waals surface area contributed by atoms with E-state index in [0.29, 0.717) is 35.0 Å². The number of hydrogen-bond acceptors (Lipinski definition) is 4. The molecule has 0 saturated carbocycles. The summed E-state index contributed by atoms with van der Waals surface area (Å²) in [5, 5.41) is 0.656. The van der Waals surface area contributed by atoms with Crippen LogP contribution in [0.2, 0.25) is 5.02 Å². The predicted molar refractivity (Wildman–Crippen MR) is 99.5 cm³/mol. The van der Waals surface area contributed by atoms with E-state index in [1.807, 2.05) is 0 Å². The van der Waals surface area contributed by atoms with E-state index in [-0.39, 0.29) is 11.2 Å². The number of nitrogens with zero attached hydrogens (tertiary/aromatic N) is 4. The molecule has 0 atom stereocenters. The van der Waals surface area contributed by atoms with Crippen LogP contribution in [0.1, 0.15) is 6.42 Å². The van der Waals surface area contributed by atoms with Gasteiger partial charge in [0.05, 0.1) is 6.61 Å². The minimum Gasteiger partial charge on any atom is -0.494 e. The summed E-state index contributed by atoms with van der Waals surface area (Å²) < 4.78 is 10.4. The zero-order chi connectivity index (χ0) is 18.1. The minimum absolute atomic E-state index is 0.259. The van der Waals surface area contributed by atoms with Crippen LogP contribution in [-0.4, -0.2) is 25.3 Å². The standard InChI is InChI=1S/C16H16BrClN4O3/c1-20-13-12(14(23)21(2)16(20)24)19-15(17)22(13)8-3-9-25-11-6-4-10(18)5-7-11/h4-7H,3,8-9H2,1-2H3. The first-order valence-electron chi connectivity index (χ1n) is 7.60. The van der Waals surface area contributed by atoms with Gasteiger partial charge in [-0.15, -0.1) is 0 Å². The lowest BCUT2D eigenvalue weighted by molar-refractivity contribution is 0.302. The van der Waals surface area contributed by atoms with Crippen molar-refractivity contribution in [2.45, 2.75) is 13.0 Å². The molecular formula is C16H16BrClN4O3. The SMILES string of the molecule is Cn1c(=O)c2nc(Br)n(CCCOc3ccc(Cl)cc3)c2n(C)c1=O. The van der Waals surface area contributed by atoms with E-state index in [1.54, 1.807) is 35.9 Å². The van der Waals surface area contributed by atoms with Crippen molar-refractivity contribution < 1.29 is 4.74 Å². The second-order valence-electron chi connectivity index (χ2n) is 5.57. The summed E-state index contributed by atoms with van der Waals surface area (Å²) in [5.41, 5.74) is -0.0416. The highest BCUT2D eigenvalue weighted by atomic mass is 79.9. The molecule has 1 aromatic carbocycles. The quantitative estimate of drug-likeness (QED) is 0.463. The minimum atomic E-state index is -0.407. The van der Waals surface area contributed by atoms with Crippen molar-refractivity contribution in [3.63, 3.8) is 0 Å². The van der Waals surface area contributed by atoms with Crippen molar-refractivity contribution in [2.24, 2.45) is 14.1 Å². The molecule has 0 saturated heterocycles. The van der Waals surface area contributed by atoms with Crippen molar-refractivity contribution in [1.82, 2.24) is 18.7 Å². The highest BCUT2D eigenvalue weighted by Gasteiger charge is 2.17.